The smallest absolute Gasteiger partial charge is 0.0594 e. The first kappa shape index (κ1) is 14.8. The van der Waals surface area contributed by atoms with Gasteiger partial charge in [-0.1, -0.05) is 12.8 Å². The zero-order valence-electron chi connectivity index (χ0n) is 12.9. The number of nitrogens with zero attached hydrogens (tertiary/aromatic N) is 2. The van der Waals surface area contributed by atoms with Crippen molar-refractivity contribution in [2.45, 2.75) is 38.1 Å². The Hall–Kier alpha value is -0.160. The molecule has 4 nitrogen and oxygen atoms in total. The summed E-state index contributed by atoms with van der Waals surface area (Å²) in [6.45, 7) is 10.3. The fourth-order valence-electron chi connectivity index (χ4n) is 4.01. The first-order valence-corrected chi connectivity index (χ1v) is 8.67. The lowest BCUT2D eigenvalue weighted by molar-refractivity contribution is 0.0185. The Kier molecular flexibility index (Phi) is 5.71. The molecule has 0 amide bonds. The predicted molar refractivity (Wildman–Crippen MR) is 82.1 cm³/mol. The van der Waals surface area contributed by atoms with Crippen LogP contribution in [0.1, 0.15) is 32.1 Å². The van der Waals surface area contributed by atoms with Crippen LogP contribution in [0.15, 0.2) is 0 Å². The van der Waals surface area contributed by atoms with Gasteiger partial charge in [0.2, 0.25) is 0 Å². The Morgan fingerprint density at radius 3 is 2.60 bits per heavy atom. The average Bonchev–Trinajstić information content (AvgIpc) is 3.16. The lowest BCUT2D eigenvalue weighted by Gasteiger charge is -2.32. The molecule has 3 rings (SSSR count). The largest absolute Gasteiger partial charge is 0.379 e. The van der Waals surface area contributed by atoms with Gasteiger partial charge in [0.05, 0.1) is 13.2 Å². The lowest BCUT2D eigenvalue weighted by atomic mass is 10.1. The number of hydrogen-bond donors (Lipinski definition) is 1. The topological polar surface area (TPSA) is 27.7 Å². The van der Waals surface area contributed by atoms with Crippen molar-refractivity contribution in [2.75, 3.05) is 59.0 Å². The molecule has 0 radical (unpaired) electrons. The van der Waals surface area contributed by atoms with E-state index in [1.54, 1.807) is 0 Å². The first-order valence-electron chi connectivity index (χ1n) is 8.67. The average molecular weight is 281 g/mol. The summed E-state index contributed by atoms with van der Waals surface area (Å²) in [6, 6.07) is 0.786. The molecule has 0 spiro atoms. The Balaban J connectivity index is 1.27. The Morgan fingerprint density at radius 1 is 1.00 bits per heavy atom. The molecule has 1 unspecified atom stereocenters. The number of hydrogen-bond acceptors (Lipinski definition) is 4. The van der Waals surface area contributed by atoms with Crippen LogP contribution in [0.25, 0.3) is 0 Å². The number of likely N-dealkylation sites (tertiary alicyclic amines) is 1. The molecular formula is C16H31N3O. The van der Waals surface area contributed by atoms with Gasteiger partial charge in [-0.25, -0.2) is 0 Å². The summed E-state index contributed by atoms with van der Waals surface area (Å²) in [6.07, 6.45) is 7.17. The highest BCUT2D eigenvalue weighted by atomic mass is 16.5. The summed E-state index contributed by atoms with van der Waals surface area (Å²) in [7, 11) is 0. The van der Waals surface area contributed by atoms with E-state index in [2.05, 4.69) is 15.1 Å². The van der Waals surface area contributed by atoms with Crippen LogP contribution in [-0.2, 0) is 4.74 Å². The third-order valence-electron chi connectivity index (χ3n) is 5.32. The minimum atomic E-state index is 0.786. The fraction of sp³-hybridized carbons (Fsp3) is 1.00. The summed E-state index contributed by atoms with van der Waals surface area (Å²) < 4.78 is 5.45. The number of ether oxygens (including phenoxy) is 1. The highest BCUT2D eigenvalue weighted by Gasteiger charge is 2.28. The van der Waals surface area contributed by atoms with E-state index >= 15 is 0 Å². The summed E-state index contributed by atoms with van der Waals surface area (Å²) in [5.74, 6) is 0.967. The molecule has 4 heteroatoms. The van der Waals surface area contributed by atoms with Crippen molar-refractivity contribution >= 4 is 0 Å². The van der Waals surface area contributed by atoms with E-state index < -0.39 is 0 Å². The van der Waals surface area contributed by atoms with Gasteiger partial charge < -0.3 is 15.0 Å². The summed E-state index contributed by atoms with van der Waals surface area (Å²) >= 11 is 0. The Labute approximate surface area is 123 Å². The van der Waals surface area contributed by atoms with Crippen LogP contribution in [0.5, 0.6) is 0 Å². The Bertz CT molecular complexity index is 275. The van der Waals surface area contributed by atoms with Gasteiger partial charge in [-0.2, -0.15) is 0 Å². The summed E-state index contributed by atoms with van der Waals surface area (Å²) in [4.78, 5) is 5.28. The third-order valence-corrected chi connectivity index (χ3v) is 5.32. The van der Waals surface area contributed by atoms with Gasteiger partial charge in [0.15, 0.2) is 0 Å². The van der Waals surface area contributed by atoms with Gasteiger partial charge >= 0.3 is 0 Å². The second-order valence-electron chi connectivity index (χ2n) is 6.75. The molecule has 1 aliphatic carbocycles. The number of morpholine rings is 1. The van der Waals surface area contributed by atoms with Crippen LogP contribution in [0.4, 0.5) is 0 Å². The van der Waals surface area contributed by atoms with Crippen molar-refractivity contribution in [3.05, 3.63) is 0 Å². The van der Waals surface area contributed by atoms with E-state index in [0.717, 1.165) is 38.3 Å². The fourth-order valence-corrected chi connectivity index (χ4v) is 4.01. The van der Waals surface area contributed by atoms with Gasteiger partial charge in [0.25, 0.3) is 0 Å². The third kappa shape index (κ3) is 4.17. The minimum absolute atomic E-state index is 0.786. The van der Waals surface area contributed by atoms with E-state index in [4.69, 9.17) is 4.74 Å². The highest BCUT2D eigenvalue weighted by Crippen LogP contribution is 2.23. The second-order valence-corrected chi connectivity index (χ2v) is 6.75. The SMILES string of the molecule is C1CCC(CNCCN2CCC(N3CCOCC3)C2)C1. The monoisotopic (exact) mass is 281 g/mol. The van der Waals surface area contributed by atoms with Gasteiger partial charge in [-0.15, -0.1) is 0 Å². The Morgan fingerprint density at radius 2 is 1.80 bits per heavy atom. The molecule has 0 aromatic heterocycles. The van der Waals surface area contributed by atoms with E-state index in [-0.39, 0.29) is 0 Å². The first-order chi connectivity index (χ1) is 9.92. The highest BCUT2D eigenvalue weighted by molar-refractivity contribution is 4.84. The van der Waals surface area contributed by atoms with Gasteiger partial charge in [0, 0.05) is 38.8 Å². The molecule has 0 bridgehead atoms. The molecule has 0 aromatic carbocycles. The normalized spacial score (nSPS) is 30.3. The van der Waals surface area contributed by atoms with Crippen molar-refractivity contribution < 1.29 is 4.74 Å². The maximum atomic E-state index is 5.45. The predicted octanol–water partition coefficient (Wildman–Crippen LogP) is 1.17. The zero-order valence-corrected chi connectivity index (χ0v) is 12.9. The molecule has 3 fully saturated rings. The second kappa shape index (κ2) is 7.74. The van der Waals surface area contributed by atoms with Crippen LogP contribution in [0, 0.1) is 5.92 Å². The molecule has 0 aromatic rings. The van der Waals surface area contributed by atoms with Crippen molar-refractivity contribution in [2.24, 2.45) is 5.92 Å². The molecule has 2 heterocycles. The molecular weight excluding hydrogens is 250 g/mol. The molecule has 1 saturated carbocycles. The van der Waals surface area contributed by atoms with Crippen LogP contribution in [0.2, 0.25) is 0 Å². The van der Waals surface area contributed by atoms with Gasteiger partial charge in [-0.3, -0.25) is 4.90 Å². The van der Waals surface area contributed by atoms with E-state index in [9.17, 15) is 0 Å². The van der Waals surface area contributed by atoms with Crippen LogP contribution < -0.4 is 5.32 Å². The summed E-state index contributed by atoms with van der Waals surface area (Å²) in [5.41, 5.74) is 0. The number of nitrogens with one attached hydrogen (secondary N) is 1. The standard InChI is InChI=1S/C16H31N3O/c1-2-4-15(3-1)13-17-6-8-18-7-5-16(14-18)19-9-11-20-12-10-19/h15-17H,1-14H2. The summed E-state index contributed by atoms with van der Waals surface area (Å²) in [5, 5.41) is 3.67. The van der Waals surface area contributed by atoms with E-state index in [0.29, 0.717) is 0 Å². The molecule has 1 atom stereocenters. The van der Waals surface area contributed by atoms with E-state index in [1.807, 2.05) is 0 Å². The quantitative estimate of drug-likeness (QED) is 0.740. The van der Waals surface area contributed by atoms with E-state index in [1.165, 1.54) is 64.8 Å². The maximum absolute atomic E-state index is 5.45. The molecule has 2 aliphatic heterocycles. The molecule has 3 aliphatic rings. The zero-order chi connectivity index (χ0) is 13.6. The van der Waals surface area contributed by atoms with Crippen molar-refractivity contribution in [1.29, 1.82) is 0 Å². The molecule has 1 N–H and O–H groups in total. The van der Waals surface area contributed by atoms with Crippen LogP contribution in [0.3, 0.4) is 0 Å². The van der Waals surface area contributed by atoms with Crippen molar-refractivity contribution in [3.63, 3.8) is 0 Å². The molecule has 20 heavy (non-hydrogen) atoms. The maximum Gasteiger partial charge on any atom is 0.0594 e. The van der Waals surface area contributed by atoms with Crippen molar-refractivity contribution in [3.8, 4) is 0 Å². The van der Waals surface area contributed by atoms with Crippen LogP contribution >= 0.6 is 0 Å². The minimum Gasteiger partial charge on any atom is -0.379 e. The van der Waals surface area contributed by atoms with Crippen molar-refractivity contribution in [1.82, 2.24) is 15.1 Å². The van der Waals surface area contributed by atoms with Crippen LogP contribution in [-0.4, -0.2) is 74.9 Å². The lowest BCUT2D eigenvalue weighted by Crippen LogP contribution is -2.45. The number of rotatable bonds is 6. The van der Waals surface area contributed by atoms with Gasteiger partial charge in [-0.05, 0) is 38.3 Å². The molecule has 116 valence electrons. The van der Waals surface area contributed by atoms with Gasteiger partial charge in [0.1, 0.15) is 0 Å². The molecule has 2 saturated heterocycles.